The SMILES string of the molecule is CN=C(NCC(C)C(=O)OC)N1CCN(S(=O)(=O)CCOC(C)C)CC1. The van der Waals surface area contributed by atoms with Crippen molar-refractivity contribution in [2.24, 2.45) is 10.9 Å². The molecule has 1 aliphatic rings. The molecule has 0 saturated carbocycles. The lowest BCUT2D eigenvalue weighted by Gasteiger charge is -2.36. The molecular formula is C16H32N4O5S. The number of aliphatic imine (C=N–C) groups is 1. The van der Waals surface area contributed by atoms with E-state index in [2.05, 4.69) is 10.3 Å². The van der Waals surface area contributed by atoms with Gasteiger partial charge in [-0.2, -0.15) is 4.31 Å². The van der Waals surface area contributed by atoms with E-state index in [0.717, 1.165) is 0 Å². The zero-order valence-corrected chi connectivity index (χ0v) is 17.2. The van der Waals surface area contributed by atoms with Crippen molar-refractivity contribution >= 4 is 22.0 Å². The van der Waals surface area contributed by atoms with E-state index < -0.39 is 10.0 Å². The lowest BCUT2D eigenvalue weighted by atomic mass is 10.2. The van der Waals surface area contributed by atoms with E-state index in [4.69, 9.17) is 9.47 Å². The number of esters is 1. The topological polar surface area (TPSA) is 101 Å². The highest BCUT2D eigenvalue weighted by molar-refractivity contribution is 7.89. The third-order valence-electron chi connectivity index (χ3n) is 4.11. The second-order valence-corrected chi connectivity index (χ2v) is 8.56. The predicted octanol–water partition coefficient (Wildman–Crippen LogP) is -0.257. The molecule has 1 fully saturated rings. The summed E-state index contributed by atoms with van der Waals surface area (Å²) in [7, 11) is -0.290. The molecule has 0 aliphatic carbocycles. The molecule has 0 bridgehead atoms. The number of piperazine rings is 1. The molecule has 1 saturated heterocycles. The molecule has 0 amide bonds. The van der Waals surface area contributed by atoms with Gasteiger partial charge >= 0.3 is 5.97 Å². The monoisotopic (exact) mass is 392 g/mol. The zero-order valence-electron chi connectivity index (χ0n) is 16.4. The van der Waals surface area contributed by atoms with Crippen LogP contribution in [-0.2, 0) is 24.3 Å². The Morgan fingerprint density at radius 2 is 1.81 bits per heavy atom. The highest BCUT2D eigenvalue weighted by atomic mass is 32.2. The number of ether oxygens (including phenoxy) is 2. The fourth-order valence-corrected chi connectivity index (χ4v) is 3.84. The second kappa shape index (κ2) is 10.7. The Morgan fingerprint density at radius 3 is 2.31 bits per heavy atom. The summed E-state index contributed by atoms with van der Waals surface area (Å²) >= 11 is 0. The van der Waals surface area contributed by atoms with Crippen LogP contribution in [0.5, 0.6) is 0 Å². The molecule has 26 heavy (non-hydrogen) atoms. The molecule has 0 aromatic carbocycles. The van der Waals surface area contributed by atoms with Crippen LogP contribution in [0.25, 0.3) is 0 Å². The molecule has 0 aromatic heterocycles. The lowest BCUT2D eigenvalue weighted by molar-refractivity contribution is -0.144. The molecule has 0 spiro atoms. The molecule has 1 unspecified atom stereocenters. The Balaban J connectivity index is 2.49. The van der Waals surface area contributed by atoms with Gasteiger partial charge in [0.15, 0.2) is 5.96 Å². The zero-order chi connectivity index (χ0) is 19.7. The Morgan fingerprint density at radius 1 is 1.19 bits per heavy atom. The van der Waals surface area contributed by atoms with Crippen molar-refractivity contribution in [2.75, 3.05) is 59.2 Å². The van der Waals surface area contributed by atoms with Crippen LogP contribution in [0.15, 0.2) is 4.99 Å². The fraction of sp³-hybridized carbons (Fsp3) is 0.875. The molecule has 1 heterocycles. The van der Waals surface area contributed by atoms with Crippen molar-refractivity contribution in [2.45, 2.75) is 26.9 Å². The maximum Gasteiger partial charge on any atom is 0.310 e. The van der Waals surface area contributed by atoms with Crippen molar-refractivity contribution in [3.05, 3.63) is 0 Å². The lowest BCUT2D eigenvalue weighted by Crippen LogP contribution is -2.54. The van der Waals surface area contributed by atoms with Gasteiger partial charge in [0.05, 0.1) is 31.5 Å². The number of nitrogens with zero attached hydrogens (tertiary/aromatic N) is 3. The molecule has 1 aliphatic heterocycles. The highest BCUT2D eigenvalue weighted by Crippen LogP contribution is 2.09. The number of hydrogen-bond acceptors (Lipinski definition) is 6. The summed E-state index contributed by atoms with van der Waals surface area (Å²) in [5.74, 6) is 0.0715. The van der Waals surface area contributed by atoms with E-state index in [9.17, 15) is 13.2 Å². The summed E-state index contributed by atoms with van der Waals surface area (Å²) in [5, 5.41) is 3.14. The van der Waals surface area contributed by atoms with Crippen LogP contribution >= 0.6 is 0 Å². The minimum absolute atomic E-state index is 0.00516. The Kier molecular flexibility index (Phi) is 9.31. The van der Waals surface area contributed by atoms with Gasteiger partial charge in [-0.15, -0.1) is 0 Å². The molecule has 152 valence electrons. The third kappa shape index (κ3) is 7.08. The standard InChI is InChI=1S/C16H32N4O5S/c1-13(2)25-10-11-26(22,23)20-8-6-19(7-9-20)16(17-4)18-12-14(3)15(21)24-5/h13-14H,6-12H2,1-5H3,(H,17,18). The minimum Gasteiger partial charge on any atom is -0.469 e. The Hall–Kier alpha value is -1.39. The normalized spacial score (nSPS) is 18.1. The van der Waals surface area contributed by atoms with Crippen molar-refractivity contribution in [1.82, 2.24) is 14.5 Å². The van der Waals surface area contributed by atoms with Crippen LogP contribution in [-0.4, -0.2) is 94.9 Å². The summed E-state index contributed by atoms with van der Waals surface area (Å²) in [4.78, 5) is 17.7. The van der Waals surface area contributed by atoms with E-state index in [1.54, 1.807) is 14.0 Å². The number of sulfonamides is 1. The minimum atomic E-state index is -3.32. The van der Waals surface area contributed by atoms with Crippen LogP contribution in [0.2, 0.25) is 0 Å². The average Bonchev–Trinajstić information content (AvgIpc) is 2.61. The molecule has 1 N–H and O–H groups in total. The van der Waals surface area contributed by atoms with E-state index in [1.165, 1.54) is 11.4 Å². The first-order valence-corrected chi connectivity index (χ1v) is 10.4. The molecule has 9 nitrogen and oxygen atoms in total. The maximum absolute atomic E-state index is 12.4. The molecule has 1 atom stereocenters. The van der Waals surface area contributed by atoms with Crippen molar-refractivity contribution in [3.8, 4) is 0 Å². The van der Waals surface area contributed by atoms with E-state index >= 15 is 0 Å². The number of carbonyl (C=O) groups excluding carboxylic acids is 1. The Bertz CT molecular complexity index is 571. The summed E-state index contributed by atoms with van der Waals surface area (Å²) < 4.78 is 36.3. The average molecular weight is 393 g/mol. The summed E-state index contributed by atoms with van der Waals surface area (Å²) in [6.07, 6.45) is 0.0174. The van der Waals surface area contributed by atoms with Gasteiger partial charge in [-0.05, 0) is 13.8 Å². The number of nitrogens with one attached hydrogen (secondary N) is 1. The fourth-order valence-electron chi connectivity index (χ4n) is 2.56. The number of rotatable bonds is 8. The molecule has 1 rings (SSSR count). The van der Waals surface area contributed by atoms with E-state index in [1.807, 2.05) is 18.7 Å². The molecular weight excluding hydrogens is 360 g/mol. The predicted molar refractivity (Wildman–Crippen MR) is 101 cm³/mol. The quantitative estimate of drug-likeness (QED) is 0.345. The first-order chi connectivity index (χ1) is 12.2. The molecule has 0 radical (unpaired) electrons. The summed E-state index contributed by atoms with van der Waals surface area (Å²) in [6, 6.07) is 0. The molecule has 0 aromatic rings. The van der Waals surface area contributed by atoms with Gasteiger partial charge in [0, 0.05) is 39.8 Å². The third-order valence-corrected chi connectivity index (χ3v) is 5.94. The smallest absolute Gasteiger partial charge is 0.310 e. The Labute approximate surface area is 156 Å². The first kappa shape index (κ1) is 22.7. The van der Waals surface area contributed by atoms with Crippen LogP contribution < -0.4 is 5.32 Å². The number of guanidine groups is 1. The van der Waals surface area contributed by atoms with Crippen LogP contribution in [0.4, 0.5) is 0 Å². The van der Waals surface area contributed by atoms with Gasteiger partial charge in [-0.1, -0.05) is 6.92 Å². The number of hydrogen-bond donors (Lipinski definition) is 1. The maximum atomic E-state index is 12.4. The molecule has 10 heteroatoms. The van der Waals surface area contributed by atoms with Crippen LogP contribution in [0, 0.1) is 5.92 Å². The summed E-state index contributed by atoms with van der Waals surface area (Å²) in [5.41, 5.74) is 0. The van der Waals surface area contributed by atoms with E-state index in [0.29, 0.717) is 38.7 Å². The summed E-state index contributed by atoms with van der Waals surface area (Å²) in [6.45, 7) is 8.02. The van der Waals surface area contributed by atoms with Gasteiger partial charge in [-0.25, -0.2) is 8.42 Å². The van der Waals surface area contributed by atoms with Gasteiger partial charge in [0.25, 0.3) is 0 Å². The van der Waals surface area contributed by atoms with Crippen LogP contribution in [0.3, 0.4) is 0 Å². The van der Waals surface area contributed by atoms with Gasteiger partial charge in [0.2, 0.25) is 10.0 Å². The first-order valence-electron chi connectivity index (χ1n) is 8.84. The number of carbonyl (C=O) groups is 1. The van der Waals surface area contributed by atoms with Crippen LogP contribution in [0.1, 0.15) is 20.8 Å². The van der Waals surface area contributed by atoms with E-state index in [-0.39, 0.29) is 30.4 Å². The van der Waals surface area contributed by atoms with Crippen molar-refractivity contribution in [3.63, 3.8) is 0 Å². The van der Waals surface area contributed by atoms with Crippen molar-refractivity contribution < 1.29 is 22.7 Å². The largest absolute Gasteiger partial charge is 0.469 e. The van der Waals surface area contributed by atoms with Gasteiger partial charge < -0.3 is 19.7 Å². The highest BCUT2D eigenvalue weighted by Gasteiger charge is 2.28. The van der Waals surface area contributed by atoms with Gasteiger partial charge in [0.1, 0.15) is 0 Å². The second-order valence-electron chi connectivity index (χ2n) is 6.47. The van der Waals surface area contributed by atoms with Crippen molar-refractivity contribution in [1.29, 1.82) is 0 Å². The number of methoxy groups -OCH3 is 1. The van der Waals surface area contributed by atoms with Gasteiger partial charge in [-0.3, -0.25) is 9.79 Å².